The van der Waals surface area contributed by atoms with Crippen LogP contribution in [-0.2, 0) is 13.2 Å². The van der Waals surface area contributed by atoms with Crippen LogP contribution in [-0.4, -0.2) is 9.55 Å². The standard InChI is InChI=1S/C24H24N2O/c1-17-9-11-21(12-10-17)27-16-23-24-22(13-14-25-23)18(2)19(3)26(24)15-20-7-5-4-6-8-20/h4-14H,15-16H2,1-3H3. The predicted octanol–water partition coefficient (Wildman–Crippen LogP) is 5.59. The lowest BCUT2D eigenvalue weighted by atomic mass is 10.1. The van der Waals surface area contributed by atoms with Gasteiger partial charge in [0.25, 0.3) is 0 Å². The Morgan fingerprint density at radius 2 is 1.63 bits per heavy atom. The number of fused-ring (bicyclic) bond motifs is 1. The molecule has 0 aliphatic rings. The second-order valence-electron chi connectivity index (χ2n) is 7.04. The molecular weight excluding hydrogens is 332 g/mol. The Bertz CT molecular complexity index is 1060. The summed E-state index contributed by atoms with van der Waals surface area (Å²) in [5, 5.41) is 1.25. The van der Waals surface area contributed by atoms with Gasteiger partial charge in [-0.1, -0.05) is 48.0 Å². The Hall–Kier alpha value is -3.07. The highest BCUT2D eigenvalue weighted by molar-refractivity contribution is 5.87. The van der Waals surface area contributed by atoms with Gasteiger partial charge in [0.05, 0.1) is 5.52 Å². The van der Waals surface area contributed by atoms with Crippen LogP contribution in [0.25, 0.3) is 10.9 Å². The fraction of sp³-hybridized carbons (Fsp3) is 0.208. The van der Waals surface area contributed by atoms with Crippen LogP contribution in [0.15, 0.2) is 66.9 Å². The van der Waals surface area contributed by atoms with E-state index in [0.29, 0.717) is 6.61 Å². The van der Waals surface area contributed by atoms with E-state index in [-0.39, 0.29) is 0 Å². The van der Waals surface area contributed by atoms with E-state index in [9.17, 15) is 0 Å². The van der Waals surface area contributed by atoms with E-state index in [0.717, 1.165) is 18.0 Å². The van der Waals surface area contributed by atoms with Gasteiger partial charge < -0.3 is 9.30 Å². The summed E-state index contributed by atoms with van der Waals surface area (Å²) in [6.07, 6.45) is 1.88. The highest BCUT2D eigenvalue weighted by Gasteiger charge is 2.16. The third kappa shape index (κ3) is 3.45. The molecule has 4 rings (SSSR count). The third-order valence-corrected chi connectivity index (χ3v) is 5.20. The van der Waals surface area contributed by atoms with Crippen molar-refractivity contribution in [3.8, 4) is 5.75 Å². The molecule has 0 bridgehead atoms. The molecule has 4 aromatic rings. The Morgan fingerprint density at radius 3 is 2.37 bits per heavy atom. The Labute approximate surface area is 160 Å². The summed E-state index contributed by atoms with van der Waals surface area (Å²) in [7, 11) is 0. The highest BCUT2D eigenvalue weighted by Crippen LogP contribution is 2.28. The molecule has 0 saturated heterocycles. The molecule has 136 valence electrons. The van der Waals surface area contributed by atoms with Crippen LogP contribution < -0.4 is 4.74 Å². The maximum atomic E-state index is 6.03. The molecule has 3 heteroatoms. The van der Waals surface area contributed by atoms with Crippen LogP contribution in [0.5, 0.6) is 5.75 Å². The molecule has 2 aromatic carbocycles. The zero-order valence-corrected chi connectivity index (χ0v) is 16.1. The van der Waals surface area contributed by atoms with Gasteiger partial charge in [-0.05, 0) is 50.1 Å². The smallest absolute Gasteiger partial charge is 0.132 e. The Kier molecular flexibility index (Phi) is 4.68. The Balaban J connectivity index is 1.72. The minimum absolute atomic E-state index is 0.456. The fourth-order valence-corrected chi connectivity index (χ4v) is 3.52. The average molecular weight is 356 g/mol. The molecule has 0 aliphatic heterocycles. The molecule has 2 aromatic heterocycles. The van der Waals surface area contributed by atoms with Crippen molar-refractivity contribution in [2.24, 2.45) is 0 Å². The minimum atomic E-state index is 0.456. The van der Waals surface area contributed by atoms with Crippen molar-refractivity contribution < 1.29 is 4.74 Å². The van der Waals surface area contributed by atoms with Crippen LogP contribution in [0.3, 0.4) is 0 Å². The van der Waals surface area contributed by atoms with Crippen LogP contribution in [0.4, 0.5) is 0 Å². The molecule has 0 saturated carbocycles. The van der Waals surface area contributed by atoms with Crippen molar-refractivity contribution in [2.45, 2.75) is 33.9 Å². The van der Waals surface area contributed by atoms with Crippen molar-refractivity contribution in [3.63, 3.8) is 0 Å². The van der Waals surface area contributed by atoms with E-state index in [2.05, 4.69) is 78.9 Å². The molecule has 0 N–H and O–H groups in total. The van der Waals surface area contributed by atoms with E-state index in [1.165, 1.54) is 33.3 Å². The SMILES string of the molecule is Cc1ccc(OCc2nccc3c(C)c(C)n(Cc4ccccc4)c23)cc1. The van der Waals surface area contributed by atoms with Crippen LogP contribution >= 0.6 is 0 Å². The third-order valence-electron chi connectivity index (χ3n) is 5.20. The van der Waals surface area contributed by atoms with Gasteiger partial charge in [-0.25, -0.2) is 0 Å². The molecule has 27 heavy (non-hydrogen) atoms. The summed E-state index contributed by atoms with van der Waals surface area (Å²) >= 11 is 0. The average Bonchev–Trinajstić information content (AvgIpc) is 2.94. The zero-order valence-electron chi connectivity index (χ0n) is 16.1. The summed E-state index contributed by atoms with van der Waals surface area (Å²) in [5.74, 6) is 0.869. The second kappa shape index (κ2) is 7.28. The number of aromatic nitrogens is 2. The molecule has 0 unspecified atom stereocenters. The summed E-state index contributed by atoms with van der Waals surface area (Å²) in [6, 6.07) is 20.8. The highest BCUT2D eigenvalue weighted by atomic mass is 16.5. The lowest BCUT2D eigenvalue weighted by Crippen LogP contribution is -2.06. The van der Waals surface area contributed by atoms with E-state index >= 15 is 0 Å². The number of hydrogen-bond donors (Lipinski definition) is 0. The maximum absolute atomic E-state index is 6.03. The molecule has 0 atom stereocenters. The molecule has 0 spiro atoms. The van der Waals surface area contributed by atoms with Crippen molar-refractivity contribution in [1.82, 2.24) is 9.55 Å². The molecule has 0 amide bonds. The van der Waals surface area contributed by atoms with Crippen molar-refractivity contribution >= 4 is 10.9 Å². The van der Waals surface area contributed by atoms with Gasteiger partial charge in [0.2, 0.25) is 0 Å². The van der Waals surface area contributed by atoms with Crippen LogP contribution in [0.1, 0.15) is 28.1 Å². The number of pyridine rings is 1. The molecule has 0 aliphatic carbocycles. The maximum Gasteiger partial charge on any atom is 0.132 e. The predicted molar refractivity (Wildman–Crippen MR) is 110 cm³/mol. The number of benzene rings is 2. The number of aryl methyl sites for hydroxylation is 2. The van der Waals surface area contributed by atoms with E-state index in [1.54, 1.807) is 0 Å². The summed E-state index contributed by atoms with van der Waals surface area (Å²) in [4.78, 5) is 4.65. The monoisotopic (exact) mass is 356 g/mol. The van der Waals surface area contributed by atoms with Gasteiger partial charge in [-0.3, -0.25) is 4.98 Å². The molecular formula is C24H24N2O. The molecule has 3 nitrogen and oxygen atoms in total. The first kappa shape index (κ1) is 17.3. The van der Waals surface area contributed by atoms with E-state index in [1.807, 2.05) is 18.3 Å². The number of rotatable bonds is 5. The van der Waals surface area contributed by atoms with Crippen molar-refractivity contribution in [1.29, 1.82) is 0 Å². The summed E-state index contributed by atoms with van der Waals surface area (Å²) in [5.41, 5.74) is 7.24. The van der Waals surface area contributed by atoms with Crippen molar-refractivity contribution in [3.05, 3.63) is 94.9 Å². The van der Waals surface area contributed by atoms with E-state index < -0.39 is 0 Å². The molecule has 2 heterocycles. The van der Waals surface area contributed by atoms with Gasteiger partial charge in [0.15, 0.2) is 0 Å². The molecule has 0 fully saturated rings. The largest absolute Gasteiger partial charge is 0.487 e. The fourth-order valence-electron chi connectivity index (χ4n) is 3.52. The first-order valence-electron chi connectivity index (χ1n) is 9.30. The number of nitrogens with zero attached hydrogens (tertiary/aromatic N) is 2. The first-order chi connectivity index (χ1) is 13.1. The van der Waals surface area contributed by atoms with Gasteiger partial charge in [-0.2, -0.15) is 0 Å². The molecule has 0 radical (unpaired) electrons. The zero-order chi connectivity index (χ0) is 18.8. The second-order valence-corrected chi connectivity index (χ2v) is 7.04. The van der Waals surface area contributed by atoms with Gasteiger partial charge in [-0.15, -0.1) is 0 Å². The first-order valence-corrected chi connectivity index (χ1v) is 9.30. The summed E-state index contributed by atoms with van der Waals surface area (Å²) in [6.45, 7) is 7.74. The van der Waals surface area contributed by atoms with E-state index in [4.69, 9.17) is 4.74 Å². The van der Waals surface area contributed by atoms with Gasteiger partial charge in [0, 0.05) is 23.8 Å². The number of ether oxygens (including phenoxy) is 1. The van der Waals surface area contributed by atoms with Gasteiger partial charge >= 0.3 is 0 Å². The lowest BCUT2D eigenvalue weighted by molar-refractivity contribution is 0.302. The topological polar surface area (TPSA) is 27.1 Å². The Morgan fingerprint density at radius 1 is 0.889 bits per heavy atom. The van der Waals surface area contributed by atoms with Gasteiger partial charge in [0.1, 0.15) is 18.1 Å². The summed E-state index contributed by atoms with van der Waals surface area (Å²) < 4.78 is 8.40. The van der Waals surface area contributed by atoms with Crippen LogP contribution in [0, 0.1) is 20.8 Å². The quantitative estimate of drug-likeness (QED) is 0.466. The van der Waals surface area contributed by atoms with Crippen molar-refractivity contribution in [2.75, 3.05) is 0 Å². The lowest BCUT2D eigenvalue weighted by Gasteiger charge is -2.12. The number of hydrogen-bond acceptors (Lipinski definition) is 2. The minimum Gasteiger partial charge on any atom is -0.487 e. The normalized spacial score (nSPS) is 11.1. The van der Waals surface area contributed by atoms with Crippen LogP contribution in [0.2, 0.25) is 0 Å².